The molecule has 0 saturated carbocycles. The van der Waals surface area contributed by atoms with Gasteiger partial charge in [-0.15, -0.1) is 0 Å². The molecule has 2 rings (SSSR count). The molecule has 2 aromatic rings. The fourth-order valence-electron chi connectivity index (χ4n) is 1.68. The summed E-state index contributed by atoms with van der Waals surface area (Å²) < 4.78 is 13.4. The molecule has 104 valence electrons. The predicted octanol–water partition coefficient (Wildman–Crippen LogP) is 4.01. The van der Waals surface area contributed by atoms with Gasteiger partial charge in [0.05, 0.1) is 16.4 Å². The van der Waals surface area contributed by atoms with Crippen molar-refractivity contribution in [3.8, 4) is 0 Å². The molecule has 4 nitrogen and oxygen atoms in total. The Bertz CT molecular complexity index is 661. The zero-order valence-electron chi connectivity index (χ0n) is 10.7. The van der Waals surface area contributed by atoms with Gasteiger partial charge in [0.15, 0.2) is 0 Å². The summed E-state index contributed by atoms with van der Waals surface area (Å²) in [6.07, 6.45) is 0. The summed E-state index contributed by atoms with van der Waals surface area (Å²) in [5.41, 5.74) is 7.46. The first-order chi connectivity index (χ1) is 9.47. The van der Waals surface area contributed by atoms with E-state index in [9.17, 15) is 9.18 Å². The van der Waals surface area contributed by atoms with Gasteiger partial charge in [-0.1, -0.05) is 23.7 Å². The van der Waals surface area contributed by atoms with Crippen molar-refractivity contribution in [2.45, 2.75) is 6.92 Å². The summed E-state index contributed by atoms with van der Waals surface area (Å²) in [5, 5.41) is 5.36. The SMILES string of the molecule is Cc1cc(N)c(Cl)cc1NC(=O)Nc1ccccc1F. The maximum atomic E-state index is 13.4. The molecule has 0 atom stereocenters. The summed E-state index contributed by atoms with van der Waals surface area (Å²) in [7, 11) is 0. The lowest BCUT2D eigenvalue weighted by atomic mass is 10.2. The minimum absolute atomic E-state index is 0.101. The molecule has 0 spiro atoms. The number of aryl methyl sites for hydroxylation is 1. The zero-order chi connectivity index (χ0) is 14.7. The molecule has 0 aliphatic heterocycles. The van der Waals surface area contributed by atoms with Crippen LogP contribution in [-0.4, -0.2) is 6.03 Å². The summed E-state index contributed by atoms with van der Waals surface area (Å²) in [6.45, 7) is 1.78. The fourth-order valence-corrected chi connectivity index (χ4v) is 1.84. The minimum Gasteiger partial charge on any atom is -0.398 e. The van der Waals surface area contributed by atoms with Crippen LogP contribution in [0.3, 0.4) is 0 Å². The second kappa shape index (κ2) is 5.79. The van der Waals surface area contributed by atoms with Crippen molar-refractivity contribution < 1.29 is 9.18 Å². The highest BCUT2D eigenvalue weighted by Gasteiger charge is 2.09. The number of urea groups is 1. The van der Waals surface area contributed by atoms with Gasteiger partial charge in [0.2, 0.25) is 0 Å². The third-order valence-electron chi connectivity index (χ3n) is 2.71. The lowest BCUT2D eigenvalue weighted by Gasteiger charge is -2.11. The van der Waals surface area contributed by atoms with Crippen molar-refractivity contribution in [1.29, 1.82) is 0 Å². The van der Waals surface area contributed by atoms with Gasteiger partial charge in [0.25, 0.3) is 0 Å². The number of carbonyl (C=O) groups is 1. The van der Waals surface area contributed by atoms with Crippen molar-refractivity contribution in [3.05, 3.63) is 52.8 Å². The molecule has 2 amide bonds. The number of benzene rings is 2. The zero-order valence-corrected chi connectivity index (χ0v) is 11.5. The molecule has 0 aliphatic carbocycles. The predicted molar refractivity (Wildman–Crippen MR) is 79.6 cm³/mol. The van der Waals surface area contributed by atoms with Crippen LogP contribution in [0.4, 0.5) is 26.2 Å². The van der Waals surface area contributed by atoms with Crippen LogP contribution in [0.15, 0.2) is 36.4 Å². The third kappa shape index (κ3) is 3.19. The number of hydrogen-bond acceptors (Lipinski definition) is 2. The van der Waals surface area contributed by atoms with E-state index in [1.54, 1.807) is 31.2 Å². The number of para-hydroxylation sites is 1. The first-order valence-electron chi connectivity index (χ1n) is 5.85. The monoisotopic (exact) mass is 293 g/mol. The Hall–Kier alpha value is -2.27. The maximum Gasteiger partial charge on any atom is 0.323 e. The number of carbonyl (C=O) groups excluding carboxylic acids is 1. The largest absolute Gasteiger partial charge is 0.398 e. The molecule has 0 saturated heterocycles. The van der Waals surface area contributed by atoms with E-state index in [2.05, 4.69) is 10.6 Å². The maximum absolute atomic E-state index is 13.4. The van der Waals surface area contributed by atoms with Crippen molar-refractivity contribution in [3.63, 3.8) is 0 Å². The Balaban J connectivity index is 2.13. The van der Waals surface area contributed by atoms with Gasteiger partial charge in [0, 0.05) is 5.69 Å². The number of nitrogens with one attached hydrogen (secondary N) is 2. The molecule has 4 N–H and O–H groups in total. The molecular formula is C14H13ClFN3O. The molecule has 2 aromatic carbocycles. The topological polar surface area (TPSA) is 67.1 Å². The van der Waals surface area contributed by atoms with E-state index in [1.165, 1.54) is 12.1 Å². The van der Waals surface area contributed by atoms with Crippen LogP contribution < -0.4 is 16.4 Å². The Labute approximate surface area is 120 Å². The van der Waals surface area contributed by atoms with Gasteiger partial charge >= 0.3 is 6.03 Å². The molecule has 0 fully saturated rings. The normalized spacial score (nSPS) is 10.2. The van der Waals surface area contributed by atoms with E-state index in [0.29, 0.717) is 16.4 Å². The summed E-state index contributed by atoms with van der Waals surface area (Å²) in [5.74, 6) is -0.505. The fraction of sp³-hybridized carbons (Fsp3) is 0.0714. The highest BCUT2D eigenvalue weighted by Crippen LogP contribution is 2.26. The van der Waals surface area contributed by atoms with Crippen LogP contribution in [0.25, 0.3) is 0 Å². The van der Waals surface area contributed by atoms with E-state index < -0.39 is 11.8 Å². The molecule has 0 heterocycles. The van der Waals surface area contributed by atoms with Crippen molar-refractivity contribution in [1.82, 2.24) is 0 Å². The van der Waals surface area contributed by atoms with Crippen LogP contribution in [0, 0.1) is 12.7 Å². The lowest BCUT2D eigenvalue weighted by molar-refractivity contribution is 0.262. The quantitative estimate of drug-likeness (QED) is 0.732. The van der Waals surface area contributed by atoms with E-state index in [0.717, 1.165) is 5.56 Å². The minimum atomic E-state index is -0.556. The van der Waals surface area contributed by atoms with E-state index in [4.69, 9.17) is 17.3 Å². The Morgan fingerprint density at radius 3 is 2.55 bits per heavy atom. The van der Waals surface area contributed by atoms with Crippen LogP contribution >= 0.6 is 11.6 Å². The number of anilines is 3. The molecule has 6 heteroatoms. The summed E-state index contributed by atoms with van der Waals surface area (Å²) in [4.78, 5) is 11.8. The molecule has 0 radical (unpaired) electrons. The highest BCUT2D eigenvalue weighted by molar-refractivity contribution is 6.33. The number of halogens is 2. The van der Waals surface area contributed by atoms with Crippen LogP contribution in [0.2, 0.25) is 5.02 Å². The van der Waals surface area contributed by atoms with E-state index >= 15 is 0 Å². The number of nitrogen functional groups attached to an aromatic ring is 1. The molecule has 0 aliphatic rings. The van der Waals surface area contributed by atoms with Crippen LogP contribution in [-0.2, 0) is 0 Å². The third-order valence-corrected chi connectivity index (χ3v) is 3.04. The van der Waals surface area contributed by atoms with Crippen molar-refractivity contribution >= 4 is 34.7 Å². The second-order valence-corrected chi connectivity index (χ2v) is 4.65. The average molecular weight is 294 g/mol. The van der Waals surface area contributed by atoms with Gasteiger partial charge < -0.3 is 16.4 Å². The van der Waals surface area contributed by atoms with Crippen LogP contribution in [0.5, 0.6) is 0 Å². The first kappa shape index (κ1) is 14.1. The van der Waals surface area contributed by atoms with E-state index in [-0.39, 0.29) is 5.69 Å². The smallest absolute Gasteiger partial charge is 0.323 e. The van der Waals surface area contributed by atoms with Crippen molar-refractivity contribution in [2.24, 2.45) is 0 Å². The van der Waals surface area contributed by atoms with Gasteiger partial charge in [-0.25, -0.2) is 9.18 Å². The van der Waals surface area contributed by atoms with Gasteiger partial charge in [-0.2, -0.15) is 0 Å². The Morgan fingerprint density at radius 1 is 1.20 bits per heavy atom. The molecule has 0 bridgehead atoms. The lowest BCUT2D eigenvalue weighted by Crippen LogP contribution is -2.20. The first-order valence-corrected chi connectivity index (χ1v) is 6.23. The van der Waals surface area contributed by atoms with Gasteiger partial charge in [0.1, 0.15) is 5.82 Å². The molecule has 0 unspecified atom stereocenters. The summed E-state index contributed by atoms with van der Waals surface area (Å²) >= 11 is 5.90. The van der Waals surface area contributed by atoms with Crippen LogP contribution in [0.1, 0.15) is 5.56 Å². The van der Waals surface area contributed by atoms with Gasteiger partial charge in [-0.05, 0) is 36.8 Å². The Kier molecular flexibility index (Phi) is 4.10. The van der Waals surface area contributed by atoms with Gasteiger partial charge in [-0.3, -0.25) is 0 Å². The second-order valence-electron chi connectivity index (χ2n) is 4.25. The number of amides is 2. The summed E-state index contributed by atoms with van der Waals surface area (Å²) in [6, 6.07) is 8.55. The Morgan fingerprint density at radius 2 is 1.85 bits per heavy atom. The molecule has 20 heavy (non-hydrogen) atoms. The number of hydrogen-bond donors (Lipinski definition) is 3. The van der Waals surface area contributed by atoms with Crippen molar-refractivity contribution in [2.75, 3.05) is 16.4 Å². The standard InChI is InChI=1S/C14H13ClFN3O/c1-8-6-11(17)9(15)7-13(8)19-14(20)18-12-5-3-2-4-10(12)16/h2-7H,17H2,1H3,(H2,18,19,20). The molecular weight excluding hydrogens is 281 g/mol. The number of nitrogens with two attached hydrogens (primary N) is 1. The van der Waals surface area contributed by atoms with E-state index in [1.807, 2.05) is 0 Å². The molecule has 0 aromatic heterocycles. The number of rotatable bonds is 2. The average Bonchev–Trinajstić information content (AvgIpc) is 2.39. The highest BCUT2D eigenvalue weighted by atomic mass is 35.5.